The second-order valence-electron chi connectivity index (χ2n) is 9.23. The third-order valence-corrected chi connectivity index (χ3v) is 7.10. The Hall–Kier alpha value is -1.85. The second kappa shape index (κ2) is 12.1. The minimum Gasteiger partial charge on any atom is -0.469 e. The van der Waals surface area contributed by atoms with E-state index in [2.05, 4.69) is 6.58 Å². The predicted octanol–water partition coefficient (Wildman–Crippen LogP) is 3.99. The van der Waals surface area contributed by atoms with Crippen molar-refractivity contribution in [2.24, 2.45) is 29.6 Å². The van der Waals surface area contributed by atoms with E-state index < -0.39 is 5.97 Å². The first-order valence-corrected chi connectivity index (χ1v) is 11.5. The van der Waals surface area contributed by atoms with Crippen LogP contribution in [0.4, 0.5) is 0 Å². The lowest BCUT2D eigenvalue weighted by atomic mass is 9.69. The molecule has 1 amide bonds. The number of amides is 1. The highest BCUT2D eigenvalue weighted by atomic mass is 16.5. The van der Waals surface area contributed by atoms with Gasteiger partial charge < -0.3 is 14.4 Å². The molecule has 170 valence electrons. The van der Waals surface area contributed by atoms with Gasteiger partial charge in [0.2, 0.25) is 5.91 Å². The maximum absolute atomic E-state index is 12.8. The van der Waals surface area contributed by atoms with Gasteiger partial charge in [-0.15, -0.1) is 0 Å². The van der Waals surface area contributed by atoms with E-state index in [4.69, 9.17) is 9.47 Å². The van der Waals surface area contributed by atoms with Crippen LogP contribution in [0.25, 0.3) is 0 Å². The van der Waals surface area contributed by atoms with Crippen LogP contribution in [0.5, 0.6) is 0 Å². The molecular weight excluding hydrogens is 382 g/mol. The number of hydrogen-bond acceptors (Lipinski definition) is 5. The molecule has 0 aromatic carbocycles. The summed E-state index contributed by atoms with van der Waals surface area (Å²) in [6.45, 7) is 6.45. The van der Waals surface area contributed by atoms with Crippen molar-refractivity contribution >= 4 is 17.8 Å². The van der Waals surface area contributed by atoms with Gasteiger partial charge in [-0.25, -0.2) is 4.79 Å². The summed E-state index contributed by atoms with van der Waals surface area (Å²) >= 11 is 0. The summed E-state index contributed by atoms with van der Waals surface area (Å²) in [7, 11) is 3.35. The van der Waals surface area contributed by atoms with Gasteiger partial charge in [0.05, 0.1) is 19.6 Å². The molecule has 0 N–H and O–H groups in total. The quantitative estimate of drug-likeness (QED) is 0.416. The topological polar surface area (TPSA) is 72.9 Å². The number of rotatable bonds is 9. The first-order valence-electron chi connectivity index (χ1n) is 11.5. The Bertz CT molecular complexity index is 588. The molecule has 1 atom stereocenters. The van der Waals surface area contributed by atoms with E-state index in [9.17, 15) is 14.4 Å². The smallest absolute Gasteiger partial charge is 0.330 e. The molecule has 2 saturated carbocycles. The molecule has 0 aliphatic heterocycles. The minimum absolute atomic E-state index is 0.0565. The van der Waals surface area contributed by atoms with Gasteiger partial charge in [-0.05, 0) is 75.5 Å². The lowest BCUT2D eigenvalue weighted by molar-refractivity contribution is -0.147. The monoisotopic (exact) mass is 421 g/mol. The fourth-order valence-corrected chi connectivity index (χ4v) is 5.03. The summed E-state index contributed by atoms with van der Waals surface area (Å²) < 4.78 is 9.96. The van der Waals surface area contributed by atoms with Gasteiger partial charge in [0.25, 0.3) is 0 Å². The van der Waals surface area contributed by atoms with Gasteiger partial charge in [0, 0.05) is 25.6 Å². The Morgan fingerprint density at radius 2 is 1.53 bits per heavy atom. The van der Waals surface area contributed by atoms with Crippen LogP contribution < -0.4 is 0 Å². The van der Waals surface area contributed by atoms with E-state index in [-0.39, 0.29) is 29.6 Å². The summed E-state index contributed by atoms with van der Waals surface area (Å²) in [4.78, 5) is 37.5. The lowest BCUT2D eigenvalue weighted by Gasteiger charge is -2.37. The highest BCUT2D eigenvalue weighted by Gasteiger charge is 2.35. The van der Waals surface area contributed by atoms with E-state index in [0.29, 0.717) is 25.0 Å². The summed E-state index contributed by atoms with van der Waals surface area (Å²) in [5.74, 6) is 1.60. The van der Waals surface area contributed by atoms with Crippen LogP contribution in [0.15, 0.2) is 12.7 Å². The van der Waals surface area contributed by atoms with Crippen LogP contribution in [0.1, 0.15) is 64.7 Å². The van der Waals surface area contributed by atoms with E-state index in [1.165, 1.54) is 13.2 Å². The fourth-order valence-electron chi connectivity index (χ4n) is 5.03. The van der Waals surface area contributed by atoms with E-state index >= 15 is 0 Å². The molecule has 6 nitrogen and oxygen atoms in total. The van der Waals surface area contributed by atoms with Crippen molar-refractivity contribution in [2.45, 2.75) is 64.7 Å². The molecule has 0 aromatic rings. The summed E-state index contributed by atoms with van der Waals surface area (Å²) in [5, 5.41) is 0. The molecule has 0 bridgehead atoms. The third kappa shape index (κ3) is 7.13. The Morgan fingerprint density at radius 3 is 2.03 bits per heavy atom. The number of ether oxygens (including phenoxy) is 2. The molecule has 6 heteroatoms. The summed E-state index contributed by atoms with van der Waals surface area (Å²) in [6.07, 6.45) is 10.3. The number of methoxy groups -OCH3 is 1. The molecule has 2 aliphatic rings. The number of carbonyl (C=O) groups excluding carboxylic acids is 3. The first kappa shape index (κ1) is 24.4. The van der Waals surface area contributed by atoms with Crippen molar-refractivity contribution in [1.29, 1.82) is 0 Å². The summed E-state index contributed by atoms with van der Waals surface area (Å²) in [5.41, 5.74) is 0. The van der Waals surface area contributed by atoms with Crippen molar-refractivity contribution in [1.82, 2.24) is 4.90 Å². The van der Waals surface area contributed by atoms with E-state index in [0.717, 1.165) is 57.8 Å². The Kier molecular flexibility index (Phi) is 9.86. The van der Waals surface area contributed by atoms with Gasteiger partial charge in [-0.3, -0.25) is 9.59 Å². The molecule has 1 unspecified atom stereocenters. The molecule has 2 fully saturated rings. The standard InChI is InChI=1S/C24H39NO5/c1-5-22(26)30-16-17(2)14-15-25(3)23(27)20-10-6-18(7-11-20)19-8-12-21(13-9-19)24(28)29-4/h5,17-21H,1,6-16H2,2-4H3. The second-order valence-corrected chi connectivity index (χ2v) is 9.23. The minimum atomic E-state index is -0.401. The molecule has 0 heterocycles. The van der Waals surface area contributed by atoms with Crippen LogP contribution in [-0.2, 0) is 23.9 Å². The van der Waals surface area contributed by atoms with Gasteiger partial charge >= 0.3 is 11.9 Å². The van der Waals surface area contributed by atoms with Crippen LogP contribution in [0, 0.1) is 29.6 Å². The predicted molar refractivity (Wildman–Crippen MR) is 115 cm³/mol. The maximum Gasteiger partial charge on any atom is 0.330 e. The number of nitrogens with zero attached hydrogens (tertiary/aromatic N) is 1. The van der Waals surface area contributed by atoms with Crippen LogP contribution in [0.2, 0.25) is 0 Å². The molecule has 0 radical (unpaired) electrons. The normalized spacial score (nSPS) is 27.6. The first-order chi connectivity index (χ1) is 14.3. The number of esters is 2. The van der Waals surface area contributed by atoms with Gasteiger partial charge in [0.15, 0.2) is 0 Å². The zero-order valence-electron chi connectivity index (χ0n) is 18.9. The van der Waals surface area contributed by atoms with Crippen LogP contribution in [0.3, 0.4) is 0 Å². The fraction of sp³-hybridized carbons (Fsp3) is 0.792. The maximum atomic E-state index is 12.8. The number of hydrogen-bond donors (Lipinski definition) is 0. The van der Waals surface area contributed by atoms with Crippen molar-refractivity contribution < 1.29 is 23.9 Å². The Labute approximate surface area is 181 Å². The zero-order chi connectivity index (χ0) is 22.1. The molecule has 2 aliphatic carbocycles. The molecular formula is C24H39NO5. The van der Waals surface area contributed by atoms with Crippen molar-refractivity contribution in [3.05, 3.63) is 12.7 Å². The van der Waals surface area contributed by atoms with Gasteiger partial charge in [0.1, 0.15) is 0 Å². The van der Waals surface area contributed by atoms with Gasteiger partial charge in [-0.2, -0.15) is 0 Å². The zero-order valence-corrected chi connectivity index (χ0v) is 18.9. The largest absolute Gasteiger partial charge is 0.469 e. The van der Waals surface area contributed by atoms with Crippen molar-refractivity contribution in [2.75, 3.05) is 27.3 Å². The lowest BCUT2D eigenvalue weighted by Crippen LogP contribution is -2.37. The van der Waals surface area contributed by atoms with Crippen LogP contribution >= 0.6 is 0 Å². The average Bonchev–Trinajstić information content (AvgIpc) is 2.80. The highest BCUT2D eigenvalue weighted by Crippen LogP contribution is 2.41. The van der Waals surface area contributed by atoms with Crippen LogP contribution in [-0.4, -0.2) is 50.1 Å². The molecule has 0 spiro atoms. The SMILES string of the molecule is C=CC(=O)OCC(C)CCN(C)C(=O)C1CCC(C2CCC(C(=O)OC)CC2)CC1. The van der Waals surface area contributed by atoms with Gasteiger partial charge in [-0.1, -0.05) is 13.5 Å². The molecule has 2 rings (SSSR count). The number of carbonyl (C=O) groups is 3. The molecule has 0 saturated heterocycles. The Balaban J connectivity index is 1.67. The Morgan fingerprint density at radius 1 is 1.00 bits per heavy atom. The van der Waals surface area contributed by atoms with Crippen molar-refractivity contribution in [3.63, 3.8) is 0 Å². The summed E-state index contributed by atoms with van der Waals surface area (Å²) in [6, 6.07) is 0. The van der Waals surface area contributed by atoms with E-state index in [1.54, 1.807) is 0 Å². The molecule has 0 aromatic heterocycles. The molecule has 30 heavy (non-hydrogen) atoms. The average molecular weight is 422 g/mol. The third-order valence-electron chi connectivity index (χ3n) is 7.10. The van der Waals surface area contributed by atoms with Crippen molar-refractivity contribution in [3.8, 4) is 0 Å². The highest BCUT2D eigenvalue weighted by molar-refractivity contribution is 5.81. The van der Waals surface area contributed by atoms with E-state index in [1.807, 2.05) is 18.9 Å².